The summed E-state index contributed by atoms with van der Waals surface area (Å²) in [7, 11) is -8.46. The van der Waals surface area contributed by atoms with Crippen LogP contribution < -0.4 is 0 Å². The highest BCUT2D eigenvalue weighted by atomic mass is 32.2. The molecular formula is C15H33O8PS2. The van der Waals surface area contributed by atoms with Crippen molar-refractivity contribution in [2.75, 3.05) is 43.2 Å². The smallest absolute Gasteiger partial charge is 0.265 e. The van der Waals surface area contributed by atoms with Crippen LogP contribution in [0, 0.1) is 11.8 Å². The number of aliphatic hydroxyl groups is 2. The van der Waals surface area contributed by atoms with Gasteiger partial charge in [0.15, 0.2) is 0 Å². The normalized spacial score (nSPS) is 16.3. The number of rotatable bonds is 16. The SMILES string of the molecule is CCCP(CCCC(CO)CS(=O)(=O)O)CCCC(CO)CS(=O)(=O)O. The Morgan fingerprint density at radius 2 is 1.15 bits per heavy atom. The van der Waals surface area contributed by atoms with Crippen LogP contribution in [0.25, 0.3) is 0 Å². The molecule has 2 unspecified atom stereocenters. The van der Waals surface area contributed by atoms with Crippen LogP contribution in [-0.2, 0) is 20.2 Å². The number of hydrogen-bond donors (Lipinski definition) is 4. The highest BCUT2D eigenvalue weighted by Gasteiger charge is 2.18. The van der Waals surface area contributed by atoms with Gasteiger partial charge in [0, 0.05) is 13.2 Å². The average Bonchev–Trinajstić information content (AvgIpc) is 2.50. The zero-order chi connectivity index (χ0) is 20.2. The summed E-state index contributed by atoms with van der Waals surface area (Å²) >= 11 is 0. The summed E-state index contributed by atoms with van der Waals surface area (Å²) in [4.78, 5) is 0. The van der Waals surface area contributed by atoms with Gasteiger partial charge in [-0.2, -0.15) is 16.8 Å². The van der Waals surface area contributed by atoms with Crippen molar-refractivity contribution in [3.05, 3.63) is 0 Å². The fourth-order valence-corrected chi connectivity index (χ4v) is 7.21. The van der Waals surface area contributed by atoms with E-state index in [1.807, 2.05) is 0 Å². The molecule has 26 heavy (non-hydrogen) atoms. The van der Waals surface area contributed by atoms with Crippen LogP contribution in [-0.4, -0.2) is 79.4 Å². The van der Waals surface area contributed by atoms with E-state index in [2.05, 4.69) is 6.92 Å². The van der Waals surface area contributed by atoms with E-state index in [0.29, 0.717) is 12.8 Å². The lowest BCUT2D eigenvalue weighted by Crippen LogP contribution is -2.19. The van der Waals surface area contributed by atoms with Crippen LogP contribution in [0.15, 0.2) is 0 Å². The van der Waals surface area contributed by atoms with Crippen LogP contribution in [0.4, 0.5) is 0 Å². The van der Waals surface area contributed by atoms with Crippen molar-refractivity contribution in [3.63, 3.8) is 0 Å². The second kappa shape index (κ2) is 13.4. The fraction of sp³-hybridized carbons (Fsp3) is 1.00. The summed E-state index contributed by atoms with van der Waals surface area (Å²) in [5.41, 5.74) is 0. The first kappa shape index (κ1) is 26.2. The molecule has 0 spiro atoms. The Labute approximate surface area is 158 Å². The molecule has 0 bridgehead atoms. The third-order valence-corrected chi connectivity index (χ3v) is 8.88. The second-order valence-electron chi connectivity index (χ2n) is 6.72. The first-order valence-electron chi connectivity index (χ1n) is 8.85. The summed E-state index contributed by atoms with van der Waals surface area (Å²) in [6.45, 7) is 1.53. The molecule has 0 aliphatic carbocycles. The van der Waals surface area contributed by atoms with Crippen LogP contribution in [0.2, 0.25) is 0 Å². The third kappa shape index (κ3) is 15.2. The van der Waals surface area contributed by atoms with Crippen LogP contribution in [0.5, 0.6) is 0 Å². The van der Waals surface area contributed by atoms with Crippen LogP contribution >= 0.6 is 7.92 Å². The molecule has 0 aliphatic rings. The van der Waals surface area contributed by atoms with Crippen molar-refractivity contribution in [1.82, 2.24) is 0 Å². The molecule has 158 valence electrons. The van der Waals surface area contributed by atoms with E-state index >= 15 is 0 Å². The molecule has 0 aromatic rings. The quantitative estimate of drug-likeness (QED) is 0.210. The van der Waals surface area contributed by atoms with Crippen LogP contribution in [0.3, 0.4) is 0 Å². The lowest BCUT2D eigenvalue weighted by molar-refractivity contribution is 0.228. The van der Waals surface area contributed by atoms with Crippen molar-refractivity contribution in [2.24, 2.45) is 11.8 Å². The Kier molecular flexibility index (Phi) is 13.5. The Bertz CT molecular complexity index is 516. The first-order chi connectivity index (χ1) is 12.0. The molecule has 0 aliphatic heterocycles. The Morgan fingerprint density at radius 1 is 0.769 bits per heavy atom. The Balaban J connectivity index is 4.31. The number of aliphatic hydroxyl groups excluding tert-OH is 2. The Morgan fingerprint density at radius 3 is 1.42 bits per heavy atom. The van der Waals surface area contributed by atoms with E-state index in [4.69, 9.17) is 9.11 Å². The maximum absolute atomic E-state index is 10.9. The first-order valence-corrected chi connectivity index (χ1v) is 14.0. The summed E-state index contributed by atoms with van der Waals surface area (Å²) in [5, 5.41) is 18.4. The molecule has 0 aromatic heterocycles. The second-order valence-corrected chi connectivity index (χ2v) is 12.4. The van der Waals surface area contributed by atoms with Gasteiger partial charge < -0.3 is 10.2 Å². The van der Waals surface area contributed by atoms with Crippen LogP contribution in [0.1, 0.15) is 39.0 Å². The van der Waals surface area contributed by atoms with E-state index in [1.165, 1.54) is 0 Å². The number of hydrogen-bond acceptors (Lipinski definition) is 6. The van der Waals surface area contributed by atoms with Gasteiger partial charge in [-0.1, -0.05) is 13.3 Å². The van der Waals surface area contributed by atoms with E-state index in [9.17, 15) is 27.0 Å². The lowest BCUT2D eigenvalue weighted by atomic mass is 10.1. The topological polar surface area (TPSA) is 149 Å². The molecule has 0 heterocycles. The molecule has 11 heteroatoms. The van der Waals surface area contributed by atoms with E-state index < -0.39 is 43.6 Å². The minimum atomic E-state index is -4.09. The summed E-state index contributed by atoms with van der Waals surface area (Å²) in [5.74, 6) is -1.78. The maximum atomic E-state index is 10.9. The summed E-state index contributed by atoms with van der Waals surface area (Å²) < 4.78 is 61.3. The zero-order valence-corrected chi connectivity index (χ0v) is 17.9. The van der Waals surface area contributed by atoms with Gasteiger partial charge in [-0.25, -0.2) is 0 Å². The van der Waals surface area contributed by atoms with Crippen molar-refractivity contribution in [2.45, 2.75) is 39.0 Å². The third-order valence-electron chi connectivity index (χ3n) is 4.12. The molecule has 0 aromatic carbocycles. The molecule has 0 radical (unpaired) electrons. The molecule has 0 amide bonds. The van der Waals surface area contributed by atoms with Crippen molar-refractivity contribution in [1.29, 1.82) is 0 Å². The Hall–Kier alpha value is 0.170. The molecule has 2 atom stereocenters. The van der Waals surface area contributed by atoms with Gasteiger partial charge in [-0.3, -0.25) is 9.11 Å². The minimum absolute atomic E-state index is 0.278. The highest BCUT2D eigenvalue weighted by Crippen LogP contribution is 2.39. The van der Waals surface area contributed by atoms with Gasteiger partial charge in [0.1, 0.15) is 0 Å². The van der Waals surface area contributed by atoms with E-state index in [0.717, 1.165) is 37.7 Å². The monoisotopic (exact) mass is 436 g/mol. The molecule has 0 saturated heterocycles. The van der Waals surface area contributed by atoms with Crippen molar-refractivity contribution >= 4 is 28.2 Å². The zero-order valence-electron chi connectivity index (χ0n) is 15.3. The molecule has 0 rings (SSSR count). The fourth-order valence-electron chi connectivity index (χ4n) is 2.91. The van der Waals surface area contributed by atoms with Gasteiger partial charge in [0.05, 0.1) is 11.5 Å². The average molecular weight is 437 g/mol. The predicted molar refractivity (Wildman–Crippen MR) is 104 cm³/mol. The summed E-state index contributed by atoms with van der Waals surface area (Å²) in [6.07, 6.45) is 6.51. The largest absolute Gasteiger partial charge is 0.396 e. The highest BCUT2D eigenvalue weighted by molar-refractivity contribution is 7.86. The molecular weight excluding hydrogens is 403 g/mol. The van der Waals surface area contributed by atoms with Crippen molar-refractivity contribution < 1.29 is 36.2 Å². The molecule has 4 N–H and O–H groups in total. The molecule has 0 saturated carbocycles. The van der Waals surface area contributed by atoms with Gasteiger partial charge >= 0.3 is 0 Å². The molecule has 0 fully saturated rings. The van der Waals surface area contributed by atoms with E-state index in [1.54, 1.807) is 0 Å². The van der Waals surface area contributed by atoms with E-state index in [-0.39, 0.29) is 21.1 Å². The van der Waals surface area contributed by atoms with Gasteiger partial charge in [0.25, 0.3) is 20.2 Å². The maximum Gasteiger partial charge on any atom is 0.265 e. The van der Waals surface area contributed by atoms with Gasteiger partial charge in [0.2, 0.25) is 0 Å². The van der Waals surface area contributed by atoms with Gasteiger partial charge in [-0.05, 0) is 56.0 Å². The standard InChI is InChI=1S/C15H33O8PS2/c1-2-7-24(8-3-5-14(10-16)12-25(18,19)20)9-4-6-15(11-17)13-26(21,22)23/h14-17H,2-13H2,1H3,(H,18,19,20)(H,21,22,23). The van der Waals surface area contributed by atoms with Crippen molar-refractivity contribution in [3.8, 4) is 0 Å². The predicted octanol–water partition coefficient (Wildman–Crippen LogP) is 1.43. The van der Waals surface area contributed by atoms with Gasteiger partial charge in [-0.15, -0.1) is 7.92 Å². The molecule has 8 nitrogen and oxygen atoms in total. The summed E-state index contributed by atoms with van der Waals surface area (Å²) in [6, 6.07) is 0. The lowest BCUT2D eigenvalue weighted by Gasteiger charge is -2.20. The minimum Gasteiger partial charge on any atom is -0.396 e.